The molecule has 104 valence electrons. The number of aliphatic hydroxyl groups is 1. The molecular formula is C17H19NO2. The second kappa shape index (κ2) is 6.07. The molecule has 3 nitrogen and oxygen atoms in total. The summed E-state index contributed by atoms with van der Waals surface area (Å²) in [7, 11) is 0. The number of hydrogen-bond donors (Lipinski definition) is 1. The number of ether oxygens (including phenoxy) is 1. The third kappa shape index (κ3) is 2.84. The Kier molecular flexibility index (Phi) is 4.00. The van der Waals surface area contributed by atoms with Gasteiger partial charge in [-0.1, -0.05) is 36.4 Å². The minimum atomic E-state index is 0.232. The summed E-state index contributed by atoms with van der Waals surface area (Å²) >= 11 is 0. The standard InChI is InChI=1S/C17H19NO2/c19-11-5-10-18-12-14-6-1-3-8-16(14)20-17-9-4-2-7-15(17)13-18/h1-4,6-9,19H,5,10-13H2. The first-order chi connectivity index (χ1) is 9.86. The maximum absolute atomic E-state index is 9.06. The van der Waals surface area contributed by atoms with Gasteiger partial charge in [0.1, 0.15) is 11.5 Å². The highest BCUT2D eigenvalue weighted by Gasteiger charge is 2.17. The molecule has 3 rings (SSSR count). The molecule has 1 aliphatic rings. The molecule has 0 unspecified atom stereocenters. The Balaban J connectivity index is 1.96. The van der Waals surface area contributed by atoms with Crippen LogP contribution in [0.1, 0.15) is 17.5 Å². The summed E-state index contributed by atoms with van der Waals surface area (Å²) < 4.78 is 6.06. The predicted molar refractivity (Wildman–Crippen MR) is 78.8 cm³/mol. The zero-order valence-corrected chi connectivity index (χ0v) is 11.5. The minimum Gasteiger partial charge on any atom is -0.457 e. The molecule has 0 saturated carbocycles. The molecule has 2 aromatic carbocycles. The molecular weight excluding hydrogens is 250 g/mol. The van der Waals surface area contributed by atoms with E-state index in [9.17, 15) is 0 Å². The first kappa shape index (κ1) is 13.2. The number of aliphatic hydroxyl groups excluding tert-OH is 1. The van der Waals surface area contributed by atoms with Gasteiger partial charge in [-0.3, -0.25) is 4.90 Å². The van der Waals surface area contributed by atoms with E-state index in [0.717, 1.165) is 37.6 Å². The fourth-order valence-electron chi connectivity index (χ4n) is 2.58. The van der Waals surface area contributed by atoms with Gasteiger partial charge in [0.25, 0.3) is 0 Å². The summed E-state index contributed by atoms with van der Waals surface area (Å²) in [6.45, 7) is 2.82. The lowest BCUT2D eigenvalue weighted by molar-refractivity contribution is 0.206. The summed E-state index contributed by atoms with van der Waals surface area (Å²) in [4.78, 5) is 2.36. The zero-order valence-electron chi connectivity index (χ0n) is 11.5. The highest BCUT2D eigenvalue weighted by molar-refractivity contribution is 5.42. The van der Waals surface area contributed by atoms with Crippen molar-refractivity contribution >= 4 is 0 Å². The van der Waals surface area contributed by atoms with Gasteiger partial charge in [-0.25, -0.2) is 0 Å². The van der Waals surface area contributed by atoms with Crippen molar-refractivity contribution in [2.75, 3.05) is 13.2 Å². The van der Waals surface area contributed by atoms with E-state index in [4.69, 9.17) is 9.84 Å². The molecule has 0 fully saturated rings. The molecule has 0 spiro atoms. The molecule has 1 aliphatic heterocycles. The maximum Gasteiger partial charge on any atom is 0.131 e. The maximum atomic E-state index is 9.06. The monoisotopic (exact) mass is 269 g/mol. The van der Waals surface area contributed by atoms with E-state index >= 15 is 0 Å². The van der Waals surface area contributed by atoms with Crippen LogP contribution in [0.3, 0.4) is 0 Å². The molecule has 0 aromatic heterocycles. The molecule has 20 heavy (non-hydrogen) atoms. The molecule has 0 amide bonds. The van der Waals surface area contributed by atoms with E-state index in [1.54, 1.807) is 0 Å². The van der Waals surface area contributed by atoms with E-state index in [-0.39, 0.29) is 6.61 Å². The number of para-hydroxylation sites is 2. The summed E-state index contributed by atoms with van der Waals surface area (Å²) in [6, 6.07) is 16.3. The van der Waals surface area contributed by atoms with Gasteiger partial charge in [-0.15, -0.1) is 0 Å². The zero-order chi connectivity index (χ0) is 13.8. The van der Waals surface area contributed by atoms with Crippen molar-refractivity contribution in [1.29, 1.82) is 0 Å². The summed E-state index contributed by atoms with van der Waals surface area (Å²) in [5.41, 5.74) is 2.39. The molecule has 0 saturated heterocycles. The van der Waals surface area contributed by atoms with Crippen LogP contribution in [0.5, 0.6) is 11.5 Å². The van der Waals surface area contributed by atoms with Crippen LogP contribution in [0.2, 0.25) is 0 Å². The highest BCUT2D eigenvalue weighted by Crippen LogP contribution is 2.32. The van der Waals surface area contributed by atoms with E-state index < -0.39 is 0 Å². The van der Waals surface area contributed by atoms with Crippen LogP contribution >= 0.6 is 0 Å². The van der Waals surface area contributed by atoms with Crippen LogP contribution in [0, 0.1) is 0 Å². The smallest absolute Gasteiger partial charge is 0.131 e. The molecule has 1 N–H and O–H groups in total. The van der Waals surface area contributed by atoms with Crippen molar-refractivity contribution in [3.05, 3.63) is 59.7 Å². The largest absolute Gasteiger partial charge is 0.457 e. The van der Waals surface area contributed by atoms with Crippen molar-refractivity contribution in [1.82, 2.24) is 4.90 Å². The number of hydrogen-bond acceptors (Lipinski definition) is 3. The van der Waals surface area contributed by atoms with Gasteiger partial charge in [0, 0.05) is 37.4 Å². The molecule has 1 heterocycles. The Labute approximate surface area is 119 Å². The van der Waals surface area contributed by atoms with Gasteiger partial charge in [0.2, 0.25) is 0 Å². The SMILES string of the molecule is OCCCN1Cc2ccccc2Oc2ccccc2C1. The topological polar surface area (TPSA) is 32.7 Å². The normalized spacial score (nSPS) is 14.7. The van der Waals surface area contributed by atoms with Gasteiger partial charge in [-0.05, 0) is 18.6 Å². The third-order valence-corrected chi connectivity index (χ3v) is 3.59. The van der Waals surface area contributed by atoms with Gasteiger partial charge < -0.3 is 9.84 Å². The van der Waals surface area contributed by atoms with E-state index in [2.05, 4.69) is 17.0 Å². The number of nitrogens with zero attached hydrogens (tertiary/aromatic N) is 1. The first-order valence-electron chi connectivity index (χ1n) is 7.03. The highest BCUT2D eigenvalue weighted by atomic mass is 16.5. The Morgan fingerprint density at radius 2 is 1.45 bits per heavy atom. The molecule has 2 aromatic rings. The lowest BCUT2D eigenvalue weighted by Crippen LogP contribution is -2.26. The van der Waals surface area contributed by atoms with Crippen molar-refractivity contribution in [3.8, 4) is 11.5 Å². The number of fused-ring (bicyclic) bond motifs is 2. The van der Waals surface area contributed by atoms with Crippen LogP contribution in [0.25, 0.3) is 0 Å². The van der Waals surface area contributed by atoms with Crippen LogP contribution in [0.4, 0.5) is 0 Å². The lowest BCUT2D eigenvalue weighted by atomic mass is 10.1. The Hall–Kier alpha value is -1.84. The number of benzene rings is 2. The van der Waals surface area contributed by atoms with E-state index in [1.807, 2.05) is 36.4 Å². The van der Waals surface area contributed by atoms with Gasteiger partial charge >= 0.3 is 0 Å². The molecule has 3 heteroatoms. The van der Waals surface area contributed by atoms with Crippen molar-refractivity contribution < 1.29 is 9.84 Å². The summed E-state index contributed by atoms with van der Waals surface area (Å²) in [5.74, 6) is 1.85. The second-order valence-electron chi connectivity index (χ2n) is 5.11. The fourth-order valence-corrected chi connectivity index (χ4v) is 2.58. The van der Waals surface area contributed by atoms with Crippen LogP contribution < -0.4 is 4.74 Å². The van der Waals surface area contributed by atoms with Crippen LogP contribution in [0.15, 0.2) is 48.5 Å². The average Bonchev–Trinajstić information content (AvgIpc) is 2.46. The minimum absolute atomic E-state index is 0.232. The Morgan fingerprint density at radius 3 is 2.00 bits per heavy atom. The molecule has 0 atom stereocenters. The molecule has 0 aliphatic carbocycles. The van der Waals surface area contributed by atoms with Gasteiger partial charge in [0.15, 0.2) is 0 Å². The quantitative estimate of drug-likeness (QED) is 0.929. The van der Waals surface area contributed by atoms with Gasteiger partial charge in [0.05, 0.1) is 0 Å². The van der Waals surface area contributed by atoms with Crippen molar-refractivity contribution in [2.24, 2.45) is 0 Å². The third-order valence-electron chi connectivity index (χ3n) is 3.59. The summed E-state index contributed by atoms with van der Waals surface area (Å²) in [6.07, 6.45) is 0.797. The van der Waals surface area contributed by atoms with Crippen molar-refractivity contribution in [3.63, 3.8) is 0 Å². The van der Waals surface area contributed by atoms with Crippen molar-refractivity contribution in [2.45, 2.75) is 19.5 Å². The molecule has 0 bridgehead atoms. The summed E-state index contributed by atoms with van der Waals surface area (Å²) in [5, 5.41) is 9.06. The predicted octanol–water partition coefficient (Wildman–Crippen LogP) is 3.18. The van der Waals surface area contributed by atoms with E-state index in [0.29, 0.717) is 0 Å². The van der Waals surface area contributed by atoms with Crippen LogP contribution in [-0.2, 0) is 13.1 Å². The Morgan fingerprint density at radius 1 is 0.900 bits per heavy atom. The fraction of sp³-hybridized carbons (Fsp3) is 0.294. The van der Waals surface area contributed by atoms with Crippen LogP contribution in [-0.4, -0.2) is 23.2 Å². The molecule has 0 radical (unpaired) electrons. The van der Waals surface area contributed by atoms with Gasteiger partial charge in [-0.2, -0.15) is 0 Å². The number of rotatable bonds is 3. The lowest BCUT2D eigenvalue weighted by Gasteiger charge is -2.27. The first-order valence-corrected chi connectivity index (χ1v) is 7.03. The second-order valence-corrected chi connectivity index (χ2v) is 5.11. The van der Waals surface area contributed by atoms with E-state index in [1.165, 1.54) is 11.1 Å². The average molecular weight is 269 g/mol. The Bertz CT molecular complexity index is 535.